The smallest absolute Gasteiger partial charge is 0.286 e. The highest BCUT2D eigenvalue weighted by molar-refractivity contribution is 8.18. The number of carbonyl (C=O) groups is 3. The molecule has 0 N–H and O–H groups in total. The maximum Gasteiger partial charge on any atom is 0.286 e. The highest BCUT2D eigenvalue weighted by Crippen LogP contribution is 2.32. The lowest BCUT2D eigenvalue weighted by Crippen LogP contribution is -2.50. The number of aliphatic imine (C=N–C) groups is 1. The quantitative estimate of drug-likeness (QED) is 0.491. The molecule has 0 atom stereocenters. The molecule has 39 heavy (non-hydrogen) atoms. The Labute approximate surface area is 236 Å². The zero-order valence-corrected chi connectivity index (χ0v) is 23.6. The maximum absolute atomic E-state index is 12.9. The summed E-state index contributed by atoms with van der Waals surface area (Å²) in [5.41, 5.74) is 3.08. The number of hydrogen-bond acceptors (Lipinski definition) is 7. The predicted molar refractivity (Wildman–Crippen MR) is 157 cm³/mol. The van der Waals surface area contributed by atoms with Gasteiger partial charge in [-0.1, -0.05) is 53.7 Å². The van der Waals surface area contributed by atoms with Crippen LogP contribution in [0.1, 0.15) is 23.1 Å². The summed E-state index contributed by atoms with van der Waals surface area (Å²) in [6.45, 7) is 4.80. The molecular weight excluding hydrogens is 532 g/mol. The Morgan fingerprint density at radius 3 is 2.26 bits per heavy atom. The Morgan fingerprint density at radius 2 is 1.59 bits per heavy atom. The van der Waals surface area contributed by atoms with Gasteiger partial charge in [-0.15, -0.1) is 0 Å². The minimum atomic E-state index is -0.220. The lowest BCUT2D eigenvalue weighted by Gasteiger charge is -2.35. The van der Waals surface area contributed by atoms with Gasteiger partial charge < -0.3 is 19.4 Å². The van der Waals surface area contributed by atoms with E-state index >= 15 is 0 Å². The van der Waals surface area contributed by atoms with Crippen LogP contribution in [0.5, 0.6) is 5.75 Å². The molecule has 8 nitrogen and oxygen atoms in total. The monoisotopic (exact) mass is 562 g/mol. The molecule has 3 aliphatic rings. The van der Waals surface area contributed by atoms with Crippen LogP contribution in [0.3, 0.4) is 0 Å². The molecule has 0 spiro atoms. The van der Waals surface area contributed by atoms with E-state index in [2.05, 4.69) is 9.89 Å². The number of amides is 3. The summed E-state index contributed by atoms with van der Waals surface area (Å²) < 4.78 is 5.18. The van der Waals surface area contributed by atoms with E-state index in [0.29, 0.717) is 60.0 Å². The normalized spacial score (nSPS) is 19.8. The van der Waals surface area contributed by atoms with Gasteiger partial charge in [0.25, 0.3) is 11.8 Å². The molecule has 0 aliphatic carbocycles. The Kier molecular flexibility index (Phi) is 8.42. The third-order valence-corrected chi connectivity index (χ3v) is 8.86. The highest BCUT2D eigenvalue weighted by atomic mass is 32.2. The second kappa shape index (κ2) is 12.1. The topological polar surface area (TPSA) is 82.5 Å². The second-order valence-electron chi connectivity index (χ2n) is 9.46. The SMILES string of the molecule is COc1ccc(C=C2SCN(CCC(=O)N3CCN(C4=NC(=O)C(=Cc5ccc(C)cc5)S4)CC3)C2=O)cc1. The molecule has 2 aromatic carbocycles. The number of ether oxygens (including phenoxy) is 1. The summed E-state index contributed by atoms with van der Waals surface area (Å²) in [6, 6.07) is 15.6. The fourth-order valence-corrected chi connectivity index (χ4v) is 6.41. The number of carbonyl (C=O) groups excluding carboxylic acids is 3. The van der Waals surface area contributed by atoms with Crippen molar-refractivity contribution in [1.82, 2.24) is 14.7 Å². The Bertz CT molecular complexity index is 1340. The van der Waals surface area contributed by atoms with E-state index < -0.39 is 0 Å². The molecule has 0 bridgehead atoms. The van der Waals surface area contributed by atoms with Gasteiger partial charge in [0, 0.05) is 39.1 Å². The van der Waals surface area contributed by atoms with Crippen molar-refractivity contribution in [2.45, 2.75) is 13.3 Å². The fourth-order valence-electron chi connectivity index (χ4n) is 4.43. The Hall–Kier alpha value is -3.50. The molecule has 0 unspecified atom stereocenters. The first-order valence-electron chi connectivity index (χ1n) is 12.8. The van der Waals surface area contributed by atoms with Crippen molar-refractivity contribution in [2.24, 2.45) is 4.99 Å². The first kappa shape index (κ1) is 27.1. The highest BCUT2D eigenvalue weighted by Gasteiger charge is 2.31. The van der Waals surface area contributed by atoms with Crippen LogP contribution < -0.4 is 4.74 Å². The molecule has 202 valence electrons. The Morgan fingerprint density at radius 1 is 0.949 bits per heavy atom. The lowest BCUT2D eigenvalue weighted by molar-refractivity contribution is -0.133. The van der Waals surface area contributed by atoms with Gasteiger partial charge in [-0.05, 0) is 54.1 Å². The minimum absolute atomic E-state index is 0.0381. The molecule has 0 aromatic heterocycles. The maximum atomic E-state index is 12.9. The van der Waals surface area contributed by atoms with Crippen molar-refractivity contribution in [1.29, 1.82) is 0 Å². The van der Waals surface area contributed by atoms with Crippen LogP contribution in [0.2, 0.25) is 0 Å². The molecule has 3 amide bonds. The van der Waals surface area contributed by atoms with Crippen molar-refractivity contribution in [3.63, 3.8) is 0 Å². The molecule has 5 rings (SSSR count). The van der Waals surface area contributed by atoms with E-state index in [1.54, 1.807) is 12.0 Å². The molecule has 2 fully saturated rings. The van der Waals surface area contributed by atoms with Gasteiger partial charge in [0.15, 0.2) is 5.17 Å². The second-order valence-corrected chi connectivity index (χ2v) is 11.5. The molecule has 10 heteroatoms. The van der Waals surface area contributed by atoms with E-state index in [1.807, 2.05) is 72.5 Å². The minimum Gasteiger partial charge on any atom is -0.497 e. The number of thioether (sulfide) groups is 2. The Balaban J connectivity index is 1.08. The van der Waals surface area contributed by atoms with Crippen molar-refractivity contribution in [3.8, 4) is 5.75 Å². The lowest BCUT2D eigenvalue weighted by atomic mass is 10.1. The number of methoxy groups -OCH3 is 1. The van der Waals surface area contributed by atoms with Gasteiger partial charge >= 0.3 is 0 Å². The van der Waals surface area contributed by atoms with Gasteiger partial charge in [0.1, 0.15) is 5.75 Å². The molecule has 0 saturated carbocycles. The summed E-state index contributed by atoms with van der Waals surface area (Å²) in [6.07, 6.45) is 4.04. The van der Waals surface area contributed by atoms with Crippen molar-refractivity contribution in [3.05, 3.63) is 75.0 Å². The van der Waals surface area contributed by atoms with E-state index in [0.717, 1.165) is 16.9 Å². The molecule has 3 aliphatic heterocycles. The van der Waals surface area contributed by atoms with Crippen LogP contribution in [0.25, 0.3) is 12.2 Å². The van der Waals surface area contributed by atoms with Crippen LogP contribution in [0.15, 0.2) is 63.3 Å². The van der Waals surface area contributed by atoms with Gasteiger partial charge in [-0.3, -0.25) is 14.4 Å². The average Bonchev–Trinajstić information content (AvgIpc) is 3.50. The van der Waals surface area contributed by atoms with Gasteiger partial charge in [-0.2, -0.15) is 4.99 Å². The fraction of sp³-hybridized carbons (Fsp3) is 0.310. The standard InChI is InChI=1S/C29H30N4O4S2/c1-20-3-5-21(6-4-20)17-24-27(35)30-29(39-24)32-15-13-31(14-16-32)26(34)11-12-33-19-38-25(28(33)36)18-22-7-9-23(37-2)10-8-22/h3-10,17-18H,11-16,19H2,1-2H3. The average molecular weight is 563 g/mol. The zero-order valence-electron chi connectivity index (χ0n) is 22.0. The third kappa shape index (κ3) is 6.57. The van der Waals surface area contributed by atoms with Gasteiger partial charge in [-0.25, -0.2) is 0 Å². The van der Waals surface area contributed by atoms with Gasteiger partial charge in [0.05, 0.1) is 22.8 Å². The van der Waals surface area contributed by atoms with E-state index in [4.69, 9.17) is 4.74 Å². The third-order valence-electron chi connectivity index (χ3n) is 6.77. The number of nitrogens with zero attached hydrogens (tertiary/aromatic N) is 4. The molecule has 2 aromatic rings. The summed E-state index contributed by atoms with van der Waals surface area (Å²) in [5, 5.41) is 0.696. The summed E-state index contributed by atoms with van der Waals surface area (Å²) >= 11 is 2.88. The van der Waals surface area contributed by atoms with Crippen LogP contribution in [0, 0.1) is 6.92 Å². The van der Waals surface area contributed by atoms with Crippen molar-refractivity contribution >= 4 is 58.6 Å². The zero-order chi connectivity index (χ0) is 27.4. The molecule has 0 radical (unpaired) electrons. The van der Waals surface area contributed by atoms with Crippen molar-refractivity contribution in [2.75, 3.05) is 45.7 Å². The number of amidine groups is 1. The molecule has 3 heterocycles. The first-order valence-corrected chi connectivity index (χ1v) is 14.6. The predicted octanol–water partition coefficient (Wildman–Crippen LogP) is 4.08. The number of rotatable bonds is 6. The van der Waals surface area contributed by atoms with E-state index in [9.17, 15) is 14.4 Å². The van der Waals surface area contributed by atoms with Gasteiger partial charge in [0.2, 0.25) is 5.91 Å². The number of hydrogen-bond donors (Lipinski definition) is 0. The van der Waals surface area contributed by atoms with Crippen molar-refractivity contribution < 1.29 is 19.1 Å². The van der Waals surface area contributed by atoms with Crippen LogP contribution >= 0.6 is 23.5 Å². The first-order chi connectivity index (χ1) is 18.9. The van der Waals surface area contributed by atoms with E-state index in [1.165, 1.54) is 29.1 Å². The molecule has 2 saturated heterocycles. The van der Waals surface area contributed by atoms with Crippen LogP contribution in [-0.4, -0.2) is 83.3 Å². The summed E-state index contributed by atoms with van der Waals surface area (Å²) in [4.78, 5) is 49.4. The van der Waals surface area contributed by atoms with E-state index in [-0.39, 0.29) is 17.7 Å². The van der Waals surface area contributed by atoms with Crippen LogP contribution in [0.4, 0.5) is 0 Å². The number of aryl methyl sites for hydroxylation is 1. The summed E-state index contributed by atoms with van der Waals surface area (Å²) in [5.74, 6) is 1.10. The van der Waals surface area contributed by atoms with Crippen LogP contribution in [-0.2, 0) is 14.4 Å². The molecular formula is C29H30N4O4S2. The number of benzene rings is 2. The number of piperazine rings is 1. The summed E-state index contributed by atoms with van der Waals surface area (Å²) in [7, 11) is 1.62. The largest absolute Gasteiger partial charge is 0.497 e.